The van der Waals surface area contributed by atoms with Crippen LogP contribution in [0.3, 0.4) is 0 Å². The van der Waals surface area contributed by atoms with E-state index in [0.29, 0.717) is 63.5 Å². The maximum atomic E-state index is 12.1. The lowest BCUT2D eigenvalue weighted by Crippen LogP contribution is -2.34. The van der Waals surface area contributed by atoms with E-state index in [9.17, 15) is 9.59 Å². The Bertz CT molecular complexity index is 468. The molecule has 1 aromatic rings. The summed E-state index contributed by atoms with van der Waals surface area (Å²) in [6.45, 7) is 4.86. The number of hydrogen-bond acceptors (Lipinski definition) is 6. The minimum atomic E-state index is -0.205. The molecule has 0 unspecified atom stereocenters. The van der Waals surface area contributed by atoms with Crippen molar-refractivity contribution < 1.29 is 9.59 Å². The van der Waals surface area contributed by atoms with Crippen molar-refractivity contribution in [2.45, 2.75) is 0 Å². The molecule has 0 saturated heterocycles. The van der Waals surface area contributed by atoms with Gasteiger partial charge in [-0.25, -0.2) is 0 Å². The van der Waals surface area contributed by atoms with E-state index >= 15 is 0 Å². The SMILES string of the molecule is NCCNCCNC(=O)c1cccc(C(=O)NCCNCCN)c1. The van der Waals surface area contributed by atoms with Crippen LogP contribution in [-0.2, 0) is 0 Å². The molecule has 0 spiro atoms. The lowest BCUT2D eigenvalue weighted by molar-refractivity contribution is 0.0953. The molecule has 8 nitrogen and oxygen atoms in total. The van der Waals surface area contributed by atoms with Crippen LogP contribution in [0.2, 0.25) is 0 Å². The minimum Gasteiger partial charge on any atom is -0.351 e. The summed E-state index contributed by atoms with van der Waals surface area (Å²) < 4.78 is 0. The van der Waals surface area contributed by atoms with Gasteiger partial charge < -0.3 is 32.7 Å². The van der Waals surface area contributed by atoms with E-state index in [1.54, 1.807) is 24.3 Å². The molecule has 1 rings (SSSR count). The monoisotopic (exact) mass is 336 g/mol. The van der Waals surface area contributed by atoms with Gasteiger partial charge in [0.1, 0.15) is 0 Å². The largest absolute Gasteiger partial charge is 0.351 e. The third-order valence-corrected chi connectivity index (χ3v) is 3.20. The number of amides is 2. The molecule has 0 radical (unpaired) electrons. The van der Waals surface area contributed by atoms with Crippen molar-refractivity contribution in [2.75, 3.05) is 52.4 Å². The second-order valence-electron chi connectivity index (χ2n) is 5.17. The highest BCUT2D eigenvalue weighted by Gasteiger charge is 2.09. The second-order valence-corrected chi connectivity index (χ2v) is 5.17. The maximum absolute atomic E-state index is 12.1. The van der Waals surface area contributed by atoms with Crippen LogP contribution in [0, 0.1) is 0 Å². The number of nitrogens with two attached hydrogens (primary N) is 2. The summed E-state index contributed by atoms with van der Waals surface area (Å²) in [5.74, 6) is -0.410. The molecular weight excluding hydrogens is 308 g/mol. The van der Waals surface area contributed by atoms with E-state index in [1.165, 1.54) is 0 Å². The fourth-order valence-corrected chi connectivity index (χ4v) is 1.99. The fraction of sp³-hybridized carbons (Fsp3) is 0.500. The van der Waals surface area contributed by atoms with Crippen LogP contribution in [0.25, 0.3) is 0 Å². The zero-order valence-electron chi connectivity index (χ0n) is 13.9. The summed E-state index contributed by atoms with van der Waals surface area (Å²) in [6, 6.07) is 6.65. The van der Waals surface area contributed by atoms with Crippen molar-refractivity contribution in [1.82, 2.24) is 21.3 Å². The summed E-state index contributed by atoms with van der Waals surface area (Å²) in [6.07, 6.45) is 0. The molecule has 0 aliphatic heterocycles. The Hall–Kier alpha value is -2.00. The third-order valence-electron chi connectivity index (χ3n) is 3.20. The molecule has 1 aromatic carbocycles. The van der Waals surface area contributed by atoms with Crippen LogP contribution in [0.4, 0.5) is 0 Å². The molecule has 24 heavy (non-hydrogen) atoms. The standard InChI is InChI=1S/C16H28N6O2/c17-4-6-19-8-10-21-15(23)13-2-1-3-14(12-13)16(24)22-11-9-20-7-5-18/h1-3,12,19-20H,4-11,17-18H2,(H,21,23)(H,22,24). The number of carbonyl (C=O) groups is 2. The number of nitrogens with one attached hydrogen (secondary N) is 4. The number of rotatable bonds is 12. The summed E-state index contributed by atoms with van der Waals surface area (Å²) in [7, 11) is 0. The third kappa shape index (κ3) is 8.02. The average Bonchev–Trinajstić information content (AvgIpc) is 2.61. The Kier molecular flexibility index (Phi) is 10.4. The fourth-order valence-electron chi connectivity index (χ4n) is 1.99. The Morgan fingerprint density at radius 3 is 1.62 bits per heavy atom. The van der Waals surface area contributed by atoms with Crippen molar-refractivity contribution in [3.63, 3.8) is 0 Å². The Labute approximate surface area is 142 Å². The smallest absolute Gasteiger partial charge is 0.251 e. The van der Waals surface area contributed by atoms with Crippen LogP contribution < -0.4 is 32.7 Å². The van der Waals surface area contributed by atoms with Crippen LogP contribution in [0.1, 0.15) is 20.7 Å². The Balaban J connectivity index is 2.41. The molecule has 134 valence electrons. The van der Waals surface area contributed by atoms with Crippen molar-refractivity contribution in [3.8, 4) is 0 Å². The van der Waals surface area contributed by atoms with Crippen molar-refractivity contribution in [1.29, 1.82) is 0 Å². The highest BCUT2D eigenvalue weighted by atomic mass is 16.2. The van der Waals surface area contributed by atoms with Gasteiger partial charge in [0, 0.05) is 63.5 Å². The highest BCUT2D eigenvalue weighted by molar-refractivity contribution is 5.99. The van der Waals surface area contributed by atoms with Gasteiger partial charge in [-0.2, -0.15) is 0 Å². The number of benzene rings is 1. The predicted octanol–water partition coefficient (Wildman–Crippen LogP) is -1.76. The van der Waals surface area contributed by atoms with Gasteiger partial charge in [-0.1, -0.05) is 6.07 Å². The quantitative estimate of drug-likeness (QED) is 0.251. The lowest BCUT2D eigenvalue weighted by atomic mass is 10.1. The summed E-state index contributed by atoms with van der Waals surface area (Å²) in [5.41, 5.74) is 11.7. The van der Waals surface area contributed by atoms with Crippen molar-refractivity contribution >= 4 is 11.8 Å². The summed E-state index contributed by atoms with van der Waals surface area (Å²) in [5, 5.41) is 11.8. The molecule has 0 atom stereocenters. The first-order valence-corrected chi connectivity index (χ1v) is 8.17. The van der Waals surface area contributed by atoms with E-state index < -0.39 is 0 Å². The molecular formula is C16H28N6O2. The van der Waals surface area contributed by atoms with Crippen LogP contribution >= 0.6 is 0 Å². The molecule has 0 aliphatic carbocycles. The van der Waals surface area contributed by atoms with Crippen LogP contribution in [0.15, 0.2) is 24.3 Å². The molecule has 0 aliphatic rings. The molecule has 0 heterocycles. The maximum Gasteiger partial charge on any atom is 0.251 e. The van der Waals surface area contributed by atoms with Crippen LogP contribution in [-0.4, -0.2) is 64.2 Å². The van der Waals surface area contributed by atoms with Gasteiger partial charge in [-0.3, -0.25) is 9.59 Å². The molecule has 0 saturated carbocycles. The van der Waals surface area contributed by atoms with Crippen molar-refractivity contribution in [2.24, 2.45) is 11.5 Å². The zero-order valence-corrected chi connectivity index (χ0v) is 13.9. The Morgan fingerprint density at radius 2 is 1.21 bits per heavy atom. The number of hydrogen-bond donors (Lipinski definition) is 6. The predicted molar refractivity (Wildman–Crippen MR) is 95.0 cm³/mol. The lowest BCUT2D eigenvalue weighted by Gasteiger charge is -2.09. The molecule has 0 aromatic heterocycles. The summed E-state index contributed by atoms with van der Waals surface area (Å²) in [4.78, 5) is 24.1. The molecule has 0 fully saturated rings. The van der Waals surface area contributed by atoms with Gasteiger partial charge in [0.2, 0.25) is 0 Å². The Morgan fingerprint density at radius 1 is 0.750 bits per heavy atom. The van der Waals surface area contributed by atoms with E-state index in [1.807, 2.05) is 0 Å². The summed E-state index contributed by atoms with van der Waals surface area (Å²) >= 11 is 0. The zero-order chi connectivity index (χ0) is 17.6. The number of carbonyl (C=O) groups excluding carboxylic acids is 2. The highest BCUT2D eigenvalue weighted by Crippen LogP contribution is 2.05. The molecule has 2 amide bonds. The van der Waals surface area contributed by atoms with Gasteiger partial charge in [-0.15, -0.1) is 0 Å². The van der Waals surface area contributed by atoms with Gasteiger partial charge in [-0.05, 0) is 18.2 Å². The topological polar surface area (TPSA) is 134 Å². The first-order valence-electron chi connectivity index (χ1n) is 8.17. The van der Waals surface area contributed by atoms with Gasteiger partial charge in [0.25, 0.3) is 11.8 Å². The van der Waals surface area contributed by atoms with Crippen LogP contribution in [0.5, 0.6) is 0 Å². The molecule has 8 N–H and O–H groups in total. The normalized spacial score (nSPS) is 10.4. The molecule has 8 heteroatoms. The minimum absolute atomic E-state index is 0.205. The van der Waals surface area contributed by atoms with Gasteiger partial charge >= 0.3 is 0 Å². The van der Waals surface area contributed by atoms with E-state index in [0.717, 1.165) is 0 Å². The van der Waals surface area contributed by atoms with Gasteiger partial charge in [0.15, 0.2) is 0 Å². The average molecular weight is 336 g/mol. The molecule has 0 bridgehead atoms. The van der Waals surface area contributed by atoms with Crippen molar-refractivity contribution in [3.05, 3.63) is 35.4 Å². The van der Waals surface area contributed by atoms with E-state index in [2.05, 4.69) is 21.3 Å². The van der Waals surface area contributed by atoms with Gasteiger partial charge in [0.05, 0.1) is 0 Å². The first-order chi connectivity index (χ1) is 11.7. The van der Waals surface area contributed by atoms with E-state index in [-0.39, 0.29) is 11.8 Å². The van der Waals surface area contributed by atoms with E-state index in [4.69, 9.17) is 11.5 Å². The second kappa shape index (κ2) is 12.4. The first kappa shape index (κ1) is 20.0.